The molecule has 4 heteroatoms. The Hall–Kier alpha value is -0.640. The molecule has 7 heavy (non-hydrogen) atoms. The predicted molar refractivity (Wildman–Crippen MR) is 25.2 cm³/mol. The molecule has 0 heterocycles. The molecule has 0 saturated heterocycles. The number of nitrogens with one attached hydrogen (secondary N) is 1. The molecule has 1 N–H and O–H groups in total. The van der Waals surface area contributed by atoms with Crippen LogP contribution in [0.4, 0.5) is 0 Å². The van der Waals surface area contributed by atoms with Gasteiger partial charge in [-0.2, -0.15) is 0 Å². The first-order chi connectivity index (χ1) is 3.18. The van der Waals surface area contributed by atoms with Gasteiger partial charge in [0.05, 0.1) is 0 Å². The number of rotatable bonds is 2. The molecule has 0 aliphatic carbocycles. The highest BCUT2D eigenvalue weighted by molar-refractivity contribution is 4.48. The van der Waals surface area contributed by atoms with E-state index in [4.69, 9.17) is 0 Å². The summed E-state index contributed by atoms with van der Waals surface area (Å²) >= 11 is 0. The minimum absolute atomic E-state index is 0.500. The van der Waals surface area contributed by atoms with E-state index in [1.54, 1.807) is 0 Å². The maximum absolute atomic E-state index is 9.61. The van der Waals surface area contributed by atoms with Gasteiger partial charge in [-0.1, -0.05) is 0 Å². The zero-order chi connectivity index (χ0) is 5.86. The highest BCUT2D eigenvalue weighted by atomic mass is 16.6. The summed E-state index contributed by atoms with van der Waals surface area (Å²) in [5, 5.41) is 12.0. The topological polar surface area (TPSA) is 55.2 Å². The van der Waals surface area contributed by atoms with Crippen LogP contribution in [-0.4, -0.2) is 18.1 Å². The van der Waals surface area contributed by atoms with Crippen molar-refractivity contribution < 1.29 is 4.92 Å². The Morgan fingerprint density at radius 2 is 2.43 bits per heavy atom. The van der Waals surface area contributed by atoms with Crippen LogP contribution in [0.1, 0.15) is 0 Å². The van der Waals surface area contributed by atoms with E-state index >= 15 is 0 Å². The van der Waals surface area contributed by atoms with Crippen molar-refractivity contribution in [3.8, 4) is 0 Å². The fourth-order valence-electron chi connectivity index (χ4n) is 0.105. The van der Waals surface area contributed by atoms with Gasteiger partial charge in [0.25, 0.3) is 6.17 Å². The number of nitro groups is 1. The normalized spacial score (nSPS) is 13.4. The second-order valence-corrected chi connectivity index (χ2v) is 1.09. The highest BCUT2D eigenvalue weighted by Crippen LogP contribution is 1.75. The summed E-state index contributed by atoms with van der Waals surface area (Å²) in [5.41, 5.74) is 0. The molecule has 0 aromatic heterocycles. The van der Waals surface area contributed by atoms with E-state index in [0.717, 1.165) is 0 Å². The summed E-state index contributed by atoms with van der Waals surface area (Å²) in [5.74, 6) is 0. The zero-order valence-electron chi connectivity index (χ0n) is 4.05. The van der Waals surface area contributed by atoms with Gasteiger partial charge in [0.15, 0.2) is 0 Å². The minimum Gasteiger partial charge on any atom is -0.263 e. The van der Waals surface area contributed by atoms with Crippen LogP contribution in [0, 0.1) is 17.0 Å². The monoisotopic (exact) mass is 103 g/mol. The Morgan fingerprint density at radius 1 is 2.00 bits per heavy atom. The van der Waals surface area contributed by atoms with E-state index in [1.165, 1.54) is 7.05 Å². The van der Waals surface area contributed by atoms with Crippen molar-refractivity contribution in [3.05, 3.63) is 17.0 Å². The summed E-state index contributed by atoms with van der Waals surface area (Å²) in [6, 6.07) is 0. The lowest BCUT2D eigenvalue weighted by Gasteiger charge is -1.96. The van der Waals surface area contributed by atoms with E-state index in [2.05, 4.69) is 12.2 Å². The van der Waals surface area contributed by atoms with Crippen molar-refractivity contribution in [1.82, 2.24) is 5.32 Å². The van der Waals surface area contributed by atoms with Gasteiger partial charge < -0.3 is 0 Å². The summed E-state index contributed by atoms with van der Waals surface area (Å²) in [7, 11) is 1.49. The molecule has 0 fully saturated rings. The molecule has 0 saturated carbocycles. The molecule has 1 radical (unpaired) electrons. The van der Waals surface area contributed by atoms with Crippen molar-refractivity contribution in [1.29, 1.82) is 0 Å². The van der Waals surface area contributed by atoms with Gasteiger partial charge >= 0.3 is 0 Å². The van der Waals surface area contributed by atoms with Crippen LogP contribution >= 0.6 is 0 Å². The van der Waals surface area contributed by atoms with E-state index in [9.17, 15) is 10.1 Å². The smallest absolute Gasteiger partial charge is 0.263 e. The van der Waals surface area contributed by atoms with Crippen LogP contribution in [0.3, 0.4) is 0 Å². The summed E-state index contributed by atoms with van der Waals surface area (Å²) < 4.78 is 0. The first-order valence-corrected chi connectivity index (χ1v) is 1.82. The van der Waals surface area contributed by atoms with Crippen molar-refractivity contribution in [3.63, 3.8) is 0 Å². The van der Waals surface area contributed by atoms with Crippen LogP contribution < -0.4 is 5.32 Å². The van der Waals surface area contributed by atoms with Crippen LogP contribution in [0.5, 0.6) is 0 Å². The van der Waals surface area contributed by atoms with E-state index < -0.39 is 11.1 Å². The third-order valence-corrected chi connectivity index (χ3v) is 0.588. The third-order valence-electron chi connectivity index (χ3n) is 0.588. The molecular weight excluding hydrogens is 96.0 g/mol. The lowest BCUT2D eigenvalue weighted by Crippen LogP contribution is -2.29. The molecule has 1 atom stereocenters. The van der Waals surface area contributed by atoms with Crippen LogP contribution in [0.25, 0.3) is 0 Å². The Kier molecular flexibility index (Phi) is 2.29. The Labute approximate surface area is 41.7 Å². The second kappa shape index (κ2) is 2.52. The quantitative estimate of drug-likeness (QED) is 0.295. The summed E-state index contributed by atoms with van der Waals surface area (Å²) in [6.45, 7) is 3.15. The third kappa shape index (κ3) is 2.11. The zero-order valence-corrected chi connectivity index (χ0v) is 4.05. The summed E-state index contributed by atoms with van der Waals surface area (Å²) in [4.78, 5) is 9.11. The molecule has 0 aliphatic rings. The van der Waals surface area contributed by atoms with Gasteiger partial charge in [-0.05, 0) is 7.05 Å². The Bertz CT molecular complexity index is 73.3. The largest absolute Gasteiger partial charge is 0.266 e. The molecule has 0 bridgehead atoms. The van der Waals surface area contributed by atoms with Crippen LogP contribution in [-0.2, 0) is 0 Å². The Morgan fingerprint density at radius 3 is 2.43 bits per heavy atom. The molecule has 4 nitrogen and oxygen atoms in total. The van der Waals surface area contributed by atoms with E-state index in [0.29, 0.717) is 0 Å². The maximum atomic E-state index is 9.61. The van der Waals surface area contributed by atoms with Gasteiger partial charge in [0, 0.05) is 11.8 Å². The number of nitrogens with zero attached hydrogens (tertiary/aromatic N) is 1. The van der Waals surface area contributed by atoms with Gasteiger partial charge in [0.1, 0.15) is 0 Å². The molecule has 0 spiro atoms. The minimum atomic E-state index is -0.875. The SMILES string of the molecule is [CH2][C@@H](NC)[N+](=O)[O-]. The molecule has 0 amide bonds. The lowest BCUT2D eigenvalue weighted by atomic mass is 10.6. The van der Waals surface area contributed by atoms with Crippen molar-refractivity contribution >= 4 is 0 Å². The highest BCUT2D eigenvalue weighted by Gasteiger charge is 2.05. The van der Waals surface area contributed by atoms with E-state index in [1.807, 2.05) is 0 Å². The van der Waals surface area contributed by atoms with Crippen molar-refractivity contribution in [2.75, 3.05) is 7.05 Å². The fourth-order valence-corrected chi connectivity index (χ4v) is 0.105. The molecular formula is C3H7N2O2. The fraction of sp³-hybridized carbons (Fsp3) is 0.667. The number of hydrogen-bond donors (Lipinski definition) is 1. The van der Waals surface area contributed by atoms with Gasteiger partial charge in [-0.3, -0.25) is 15.4 Å². The van der Waals surface area contributed by atoms with Gasteiger partial charge in [-0.25, -0.2) is 0 Å². The first-order valence-electron chi connectivity index (χ1n) is 1.82. The molecule has 0 unspecified atom stereocenters. The van der Waals surface area contributed by atoms with Crippen LogP contribution in [0.15, 0.2) is 0 Å². The van der Waals surface area contributed by atoms with Crippen molar-refractivity contribution in [2.45, 2.75) is 6.17 Å². The second-order valence-electron chi connectivity index (χ2n) is 1.09. The predicted octanol–water partition coefficient (Wildman–Crippen LogP) is -0.357. The molecule has 0 aliphatic heterocycles. The van der Waals surface area contributed by atoms with Gasteiger partial charge in [0.2, 0.25) is 0 Å². The number of hydrogen-bond acceptors (Lipinski definition) is 3. The Balaban J connectivity index is 3.34. The van der Waals surface area contributed by atoms with Crippen LogP contribution in [0.2, 0.25) is 0 Å². The molecule has 0 rings (SSSR count). The maximum Gasteiger partial charge on any atom is 0.266 e. The standard InChI is InChI=1S/C3H7N2O2/c1-3(4-2)5(6)7/h3-4H,1H2,2H3/t3-/m0/s1. The molecule has 0 aromatic rings. The van der Waals surface area contributed by atoms with E-state index in [-0.39, 0.29) is 0 Å². The average Bonchev–Trinajstić information content (AvgIpc) is 1.65. The first kappa shape index (κ1) is 6.36. The summed E-state index contributed by atoms with van der Waals surface area (Å²) in [6.07, 6.45) is -0.875. The average molecular weight is 103 g/mol. The lowest BCUT2D eigenvalue weighted by molar-refractivity contribution is -0.516. The molecule has 0 aromatic carbocycles. The van der Waals surface area contributed by atoms with Crippen molar-refractivity contribution in [2.24, 2.45) is 0 Å². The molecule has 41 valence electrons. The van der Waals surface area contributed by atoms with Gasteiger partial charge in [-0.15, -0.1) is 0 Å².